The maximum atomic E-state index is 12.5. The normalized spacial score (nSPS) is 28.2. The molecule has 2 bridgehead atoms. The minimum absolute atomic E-state index is 0.185. The first-order valence-electron chi connectivity index (χ1n) is 7.78. The summed E-state index contributed by atoms with van der Waals surface area (Å²) in [5, 5.41) is 11.4. The number of ether oxygens (including phenoxy) is 1. The highest BCUT2D eigenvalue weighted by Crippen LogP contribution is 2.43. The van der Waals surface area contributed by atoms with Gasteiger partial charge in [-0.2, -0.15) is 13.2 Å². The molecule has 4 nitrogen and oxygen atoms in total. The van der Waals surface area contributed by atoms with E-state index in [1.807, 2.05) is 13.0 Å². The zero-order valence-electron chi connectivity index (χ0n) is 13.9. The average Bonchev–Trinajstić information content (AvgIpc) is 2.37. The molecule has 3 aliphatic carbocycles. The van der Waals surface area contributed by atoms with E-state index in [0.29, 0.717) is 6.42 Å². The molecule has 24 heavy (non-hydrogen) atoms. The van der Waals surface area contributed by atoms with Crippen molar-refractivity contribution in [3.63, 3.8) is 0 Å². The van der Waals surface area contributed by atoms with Gasteiger partial charge in [0.05, 0.1) is 5.41 Å². The largest absolute Gasteiger partial charge is 0.775 e. The first kappa shape index (κ1) is 19.3. The van der Waals surface area contributed by atoms with Gasteiger partial charge in [-0.15, -0.1) is 0 Å². The fraction of sp³-hybridized carbons (Fsp3) is 0.688. The van der Waals surface area contributed by atoms with Crippen LogP contribution >= 0.6 is 11.9 Å². The molecule has 0 heterocycles. The SMILES string of the molecule is CC1C=C2CC(=CC(C)(C(=O)OCC(C)N([O-])SC(F)(F)F)C1)C2. The van der Waals surface area contributed by atoms with Gasteiger partial charge in [0.25, 0.3) is 0 Å². The number of hydrogen-bond donors (Lipinski definition) is 0. The number of esters is 1. The second-order valence-corrected chi connectivity index (χ2v) is 7.86. The van der Waals surface area contributed by atoms with Gasteiger partial charge in [-0.05, 0) is 39.0 Å². The molecule has 0 aromatic carbocycles. The molecule has 0 aliphatic heterocycles. The Labute approximate surface area is 143 Å². The molecular weight excluding hydrogens is 343 g/mol. The molecule has 0 N–H and O–H groups in total. The molecule has 0 aromatic rings. The van der Waals surface area contributed by atoms with Gasteiger partial charge in [-0.3, -0.25) is 4.79 Å². The predicted octanol–water partition coefficient (Wildman–Crippen LogP) is 4.58. The van der Waals surface area contributed by atoms with E-state index in [0.717, 1.165) is 12.8 Å². The summed E-state index contributed by atoms with van der Waals surface area (Å²) in [4.78, 5) is 12.5. The first-order valence-corrected chi connectivity index (χ1v) is 8.55. The van der Waals surface area contributed by atoms with Crippen molar-refractivity contribution in [1.29, 1.82) is 0 Å². The standard InChI is InChI=1S/C16H21F3NO3S/c1-10-4-12-5-13(6-12)8-15(3,7-10)14(21)23-9-11(2)20(22)24-16(17,18)19/h4,8,10-11H,5-7,9H2,1-3H3/q-1. The van der Waals surface area contributed by atoms with Gasteiger partial charge in [0.2, 0.25) is 0 Å². The summed E-state index contributed by atoms with van der Waals surface area (Å²) in [7, 11) is 0. The van der Waals surface area contributed by atoms with Crippen LogP contribution in [0.5, 0.6) is 0 Å². The van der Waals surface area contributed by atoms with Crippen molar-refractivity contribution in [3.8, 4) is 0 Å². The van der Waals surface area contributed by atoms with E-state index in [1.54, 1.807) is 6.92 Å². The van der Waals surface area contributed by atoms with Crippen molar-refractivity contribution >= 4 is 17.9 Å². The van der Waals surface area contributed by atoms with E-state index < -0.39 is 34.9 Å². The fourth-order valence-corrected chi connectivity index (χ4v) is 3.59. The monoisotopic (exact) mass is 364 g/mol. The molecule has 3 aliphatic rings. The lowest BCUT2D eigenvalue weighted by molar-refractivity contribution is -0.153. The third-order valence-electron chi connectivity index (χ3n) is 4.17. The van der Waals surface area contributed by atoms with Crippen LogP contribution in [0.15, 0.2) is 23.3 Å². The third-order valence-corrected chi connectivity index (χ3v) is 4.92. The summed E-state index contributed by atoms with van der Waals surface area (Å²) in [5.74, 6) is -0.285. The maximum absolute atomic E-state index is 12.5. The number of allylic oxidation sites excluding steroid dienone is 3. The minimum atomic E-state index is -4.65. The number of halogens is 3. The number of nitrogens with zero attached hydrogens (tertiary/aromatic N) is 1. The minimum Gasteiger partial charge on any atom is -0.775 e. The molecule has 3 atom stereocenters. The molecule has 0 aromatic heterocycles. The maximum Gasteiger partial charge on any atom is 0.455 e. The van der Waals surface area contributed by atoms with Crippen molar-refractivity contribution in [2.45, 2.75) is 51.6 Å². The molecule has 1 fully saturated rings. The van der Waals surface area contributed by atoms with Gasteiger partial charge in [0.15, 0.2) is 0 Å². The van der Waals surface area contributed by atoms with Crippen molar-refractivity contribution in [3.05, 3.63) is 28.5 Å². The molecule has 0 amide bonds. The van der Waals surface area contributed by atoms with Crippen LogP contribution in [0.1, 0.15) is 40.0 Å². The Hall–Kier alpha value is -0.990. The summed E-state index contributed by atoms with van der Waals surface area (Å²) in [6.07, 6.45) is 6.42. The number of fused-ring (bicyclic) bond motifs is 4. The Bertz CT molecular complexity index is 551. The summed E-state index contributed by atoms with van der Waals surface area (Å²) in [6, 6.07) is -1.09. The van der Waals surface area contributed by atoms with Crippen molar-refractivity contribution in [2.24, 2.45) is 11.3 Å². The lowest BCUT2D eigenvalue weighted by Crippen LogP contribution is -2.36. The van der Waals surface area contributed by atoms with Crippen LogP contribution in [0.25, 0.3) is 0 Å². The summed E-state index contributed by atoms with van der Waals surface area (Å²) >= 11 is -0.769. The number of hydroxylamine groups is 1. The van der Waals surface area contributed by atoms with E-state index in [-0.39, 0.29) is 17.0 Å². The molecular formula is C16H21F3NO3S-. The molecule has 8 heteroatoms. The number of rotatable bonds is 5. The zero-order valence-corrected chi connectivity index (χ0v) is 14.7. The second-order valence-electron chi connectivity index (χ2n) is 6.85. The second kappa shape index (κ2) is 7.09. The van der Waals surface area contributed by atoms with E-state index in [2.05, 4.69) is 6.08 Å². The zero-order chi connectivity index (χ0) is 18.1. The van der Waals surface area contributed by atoms with Crippen molar-refractivity contribution < 1.29 is 22.7 Å². The topological polar surface area (TPSA) is 52.6 Å². The van der Waals surface area contributed by atoms with Crippen molar-refractivity contribution in [1.82, 2.24) is 4.47 Å². The van der Waals surface area contributed by atoms with Crippen LogP contribution in [0, 0.1) is 16.5 Å². The van der Waals surface area contributed by atoms with Crippen LogP contribution in [0.3, 0.4) is 0 Å². The number of carbonyl (C=O) groups excluding carboxylic acids is 1. The van der Waals surface area contributed by atoms with E-state index in [9.17, 15) is 23.2 Å². The Morgan fingerprint density at radius 2 is 2.12 bits per heavy atom. The Balaban J connectivity index is 1.94. The van der Waals surface area contributed by atoms with Gasteiger partial charge in [0, 0.05) is 18.0 Å². The van der Waals surface area contributed by atoms with Crippen LogP contribution in [-0.2, 0) is 9.53 Å². The summed E-state index contributed by atoms with van der Waals surface area (Å²) < 4.78 is 41.6. The van der Waals surface area contributed by atoms with Gasteiger partial charge in [-0.25, -0.2) is 0 Å². The highest BCUT2D eigenvalue weighted by atomic mass is 32.2. The highest BCUT2D eigenvalue weighted by molar-refractivity contribution is 7.97. The summed E-state index contributed by atoms with van der Waals surface area (Å²) in [5.41, 5.74) is -2.91. The molecule has 3 unspecified atom stereocenters. The molecule has 3 rings (SSSR count). The molecule has 1 saturated carbocycles. The fourth-order valence-electron chi connectivity index (χ4n) is 3.15. The van der Waals surface area contributed by atoms with E-state index in [4.69, 9.17) is 4.74 Å². The van der Waals surface area contributed by atoms with E-state index in [1.165, 1.54) is 18.1 Å². The molecule has 0 saturated heterocycles. The molecule has 136 valence electrons. The quantitative estimate of drug-likeness (QED) is 0.309. The van der Waals surface area contributed by atoms with Crippen LogP contribution < -0.4 is 0 Å². The van der Waals surface area contributed by atoms with Gasteiger partial charge < -0.3 is 14.4 Å². The number of carbonyl (C=O) groups is 1. The van der Waals surface area contributed by atoms with Crippen molar-refractivity contribution in [2.75, 3.05) is 6.61 Å². The Morgan fingerprint density at radius 1 is 1.50 bits per heavy atom. The van der Waals surface area contributed by atoms with Crippen LogP contribution in [0.4, 0.5) is 13.2 Å². The van der Waals surface area contributed by atoms with Gasteiger partial charge in [-0.1, -0.05) is 30.2 Å². The van der Waals surface area contributed by atoms with Crippen LogP contribution in [0.2, 0.25) is 0 Å². The smallest absolute Gasteiger partial charge is 0.455 e. The van der Waals surface area contributed by atoms with Crippen LogP contribution in [-0.4, -0.2) is 28.6 Å². The Morgan fingerprint density at radius 3 is 2.71 bits per heavy atom. The van der Waals surface area contributed by atoms with Gasteiger partial charge >= 0.3 is 11.5 Å². The molecule has 0 spiro atoms. The Kier molecular flexibility index (Phi) is 5.71. The van der Waals surface area contributed by atoms with Gasteiger partial charge in [0.1, 0.15) is 6.61 Å². The lowest BCUT2D eigenvalue weighted by atomic mass is 9.71. The number of hydrogen-bond acceptors (Lipinski definition) is 5. The molecule has 0 radical (unpaired) electrons. The van der Waals surface area contributed by atoms with E-state index >= 15 is 0 Å². The summed E-state index contributed by atoms with van der Waals surface area (Å²) in [6.45, 7) is 4.72. The third kappa shape index (κ3) is 5.00. The first-order chi connectivity index (χ1) is 11.0. The highest BCUT2D eigenvalue weighted by Gasteiger charge is 2.38. The average molecular weight is 364 g/mol. The predicted molar refractivity (Wildman–Crippen MR) is 86.6 cm³/mol. The number of alkyl halides is 3. The lowest BCUT2D eigenvalue weighted by Gasteiger charge is -2.36.